The second-order valence-electron chi connectivity index (χ2n) is 11.1. The monoisotopic (exact) mass is 544 g/mol. The Bertz CT molecular complexity index is 1570. The summed E-state index contributed by atoms with van der Waals surface area (Å²) in [7, 11) is 0. The first-order valence-corrected chi connectivity index (χ1v) is 12.5. The predicted molar refractivity (Wildman–Crippen MR) is 136 cm³/mol. The number of carbonyl (C=O) groups excluding carboxylic acids is 1. The fraction of sp³-hybridized carbons (Fsp3) is 0.407. The largest absolute Gasteiger partial charge is 0.477 e. The average molecular weight is 545 g/mol. The number of amides is 1. The normalized spacial score (nSPS) is 20.8. The highest BCUT2D eigenvalue weighted by Crippen LogP contribution is 2.53. The van der Waals surface area contributed by atoms with Crippen LogP contribution >= 0.6 is 0 Å². The number of piperidine rings is 1. The molecule has 1 aliphatic carbocycles. The minimum Gasteiger partial charge on any atom is -0.477 e. The van der Waals surface area contributed by atoms with E-state index in [-0.39, 0.29) is 34.0 Å². The summed E-state index contributed by atoms with van der Waals surface area (Å²) in [4.78, 5) is 42.9. The van der Waals surface area contributed by atoms with Gasteiger partial charge in [-0.3, -0.25) is 9.36 Å². The van der Waals surface area contributed by atoms with Crippen LogP contribution in [0.5, 0.6) is 0 Å². The van der Waals surface area contributed by atoms with E-state index in [1.54, 1.807) is 25.7 Å². The van der Waals surface area contributed by atoms with Crippen LogP contribution in [0.2, 0.25) is 0 Å². The Morgan fingerprint density at radius 3 is 2.59 bits per heavy atom. The van der Waals surface area contributed by atoms with Crippen molar-refractivity contribution in [2.24, 2.45) is 5.41 Å². The van der Waals surface area contributed by atoms with E-state index in [0.717, 1.165) is 35.4 Å². The number of hydrogen-bond donors (Lipinski definition) is 2. The molecule has 1 amide bonds. The molecule has 1 aliphatic heterocycles. The number of ether oxygens (including phenoxy) is 1. The SMILES string of the molecule is CC(C)(C)OC(=O)NC1CC12CCCN(c1nc3c(cc1F)c(=O)c(C(=O)O)cn3-c1ccc(F)cc1F)C2. The van der Waals surface area contributed by atoms with E-state index < -0.39 is 46.1 Å². The van der Waals surface area contributed by atoms with Crippen LogP contribution in [-0.4, -0.2) is 51.5 Å². The third kappa shape index (κ3) is 5.02. The van der Waals surface area contributed by atoms with E-state index in [4.69, 9.17) is 4.74 Å². The average Bonchev–Trinajstić information content (AvgIpc) is 3.47. The van der Waals surface area contributed by atoms with Crippen LogP contribution in [-0.2, 0) is 4.74 Å². The van der Waals surface area contributed by atoms with Crippen LogP contribution < -0.4 is 15.6 Å². The van der Waals surface area contributed by atoms with E-state index in [9.17, 15) is 28.3 Å². The summed E-state index contributed by atoms with van der Waals surface area (Å²) < 4.78 is 50.1. The maximum Gasteiger partial charge on any atom is 0.407 e. The molecule has 39 heavy (non-hydrogen) atoms. The highest BCUT2D eigenvalue weighted by molar-refractivity contribution is 5.92. The second kappa shape index (κ2) is 9.28. The first-order chi connectivity index (χ1) is 18.3. The topological polar surface area (TPSA) is 114 Å². The lowest BCUT2D eigenvalue weighted by Crippen LogP contribution is -2.43. The summed E-state index contributed by atoms with van der Waals surface area (Å²) in [5, 5.41) is 12.0. The summed E-state index contributed by atoms with van der Waals surface area (Å²) in [5.41, 5.74) is -3.09. The molecule has 5 rings (SSSR count). The zero-order chi connectivity index (χ0) is 28.3. The standard InChI is InChI=1S/C27H27F3N4O5/c1-26(2,3)39-25(38)31-20-11-27(20)7-4-8-33(13-27)23-18(30)10-15-21(35)16(24(36)37)12-34(22(15)32-23)19-6-5-14(28)9-17(19)29/h5-6,9-10,12,20H,4,7-8,11,13H2,1-3H3,(H,31,38)(H,36,37). The van der Waals surface area contributed by atoms with Crippen LogP contribution in [0.15, 0.2) is 35.3 Å². The molecular formula is C27H27F3N4O5. The highest BCUT2D eigenvalue weighted by atomic mass is 19.1. The zero-order valence-electron chi connectivity index (χ0n) is 21.6. The third-order valence-corrected chi connectivity index (χ3v) is 7.10. The Balaban J connectivity index is 1.53. The number of fused-ring (bicyclic) bond motifs is 1. The number of nitrogens with one attached hydrogen (secondary N) is 1. The van der Waals surface area contributed by atoms with Crippen molar-refractivity contribution in [1.29, 1.82) is 0 Å². The van der Waals surface area contributed by atoms with Gasteiger partial charge in [0.2, 0.25) is 5.43 Å². The number of carbonyl (C=O) groups is 2. The number of nitrogens with zero attached hydrogens (tertiary/aromatic N) is 3. The molecule has 1 aromatic carbocycles. The van der Waals surface area contributed by atoms with Crippen molar-refractivity contribution in [2.75, 3.05) is 18.0 Å². The number of hydrogen-bond acceptors (Lipinski definition) is 6. The van der Waals surface area contributed by atoms with Gasteiger partial charge in [-0.05, 0) is 58.2 Å². The number of pyridine rings is 2. The number of carboxylic acid groups (broad SMARTS) is 1. The Labute approximate surface area is 221 Å². The number of halogens is 3. The molecule has 2 aliphatic rings. The van der Waals surface area contributed by atoms with Crippen molar-refractivity contribution in [1.82, 2.24) is 14.9 Å². The van der Waals surface area contributed by atoms with E-state index in [1.165, 1.54) is 0 Å². The number of benzene rings is 1. The molecule has 2 N–H and O–H groups in total. The molecule has 1 spiro atoms. The zero-order valence-corrected chi connectivity index (χ0v) is 21.6. The van der Waals surface area contributed by atoms with Crippen molar-refractivity contribution < 1.29 is 32.6 Å². The molecule has 3 heterocycles. The maximum atomic E-state index is 15.4. The Morgan fingerprint density at radius 2 is 1.92 bits per heavy atom. The van der Waals surface area contributed by atoms with Gasteiger partial charge in [0.05, 0.1) is 11.1 Å². The number of anilines is 1. The summed E-state index contributed by atoms with van der Waals surface area (Å²) in [6.45, 7) is 6.11. The predicted octanol–water partition coefficient (Wildman–Crippen LogP) is 4.38. The molecule has 2 aromatic heterocycles. The smallest absolute Gasteiger partial charge is 0.407 e. The van der Waals surface area contributed by atoms with Gasteiger partial charge in [-0.25, -0.2) is 27.7 Å². The number of alkyl carbamates (subject to hydrolysis) is 1. The molecule has 0 radical (unpaired) electrons. The van der Waals surface area contributed by atoms with Gasteiger partial charge in [0, 0.05) is 36.8 Å². The van der Waals surface area contributed by atoms with Gasteiger partial charge in [-0.2, -0.15) is 0 Å². The molecule has 206 valence electrons. The van der Waals surface area contributed by atoms with Crippen molar-refractivity contribution in [3.63, 3.8) is 0 Å². The second-order valence-corrected chi connectivity index (χ2v) is 11.1. The Kier molecular flexibility index (Phi) is 6.31. The van der Waals surface area contributed by atoms with Gasteiger partial charge < -0.3 is 20.1 Å². The fourth-order valence-electron chi connectivity index (χ4n) is 5.24. The van der Waals surface area contributed by atoms with E-state index in [0.29, 0.717) is 32.0 Å². The molecule has 2 atom stereocenters. The van der Waals surface area contributed by atoms with Crippen LogP contribution in [0.25, 0.3) is 16.7 Å². The summed E-state index contributed by atoms with van der Waals surface area (Å²) in [6.07, 6.45) is 2.52. The first-order valence-electron chi connectivity index (χ1n) is 12.5. The molecule has 2 unspecified atom stereocenters. The number of aromatic nitrogens is 2. The van der Waals surface area contributed by atoms with Crippen LogP contribution in [0.1, 0.15) is 50.4 Å². The minimum atomic E-state index is -1.59. The molecule has 2 fully saturated rings. The highest BCUT2D eigenvalue weighted by Gasteiger charge is 2.57. The molecular weight excluding hydrogens is 517 g/mol. The van der Waals surface area contributed by atoms with E-state index >= 15 is 4.39 Å². The van der Waals surface area contributed by atoms with Gasteiger partial charge in [-0.15, -0.1) is 0 Å². The summed E-state index contributed by atoms with van der Waals surface area (Å²) in [5.74, 6) is -4.39. The lowest BCUT2D eigenvalue weighted by Gasteiger charge is -2.35. The van der Waals surface area contributed by atoms with Crippen molar-refractivity contribution >= 4 is 28.9 Å². The molecule has 1 saturated heterocycles. The molecule has 9 nitrogen and oxygen atoms in total. The van der Waals surface area contributed by atoms with Gasteiger partial charge in [0.1, 0.15) is 22.8 Å². The van der Waals surface area contributed by atoms with Crippen molar-refractivity contribution in [2.45, 2.75) is 51.7 Å². The number of rotatable bonds is 4. The van der Waals surface area contributed by atoms with E-state index in [1.807, 2.05) is 0 Å². The molecule has 0 bridgehead atoms. The summed E-state index contributed by atoms with van der Waals surface area (Å²) >= 11 is 0. The Morgan fingerprint density at radius 1 is 1.18 bits per heavy atom. The van der Waals surface area contributed by atoms with Crippen molar-refractivity contribution in [3.8, 4) is 5.69 Å². The lowest BCUT2D eigenvalue weighted by atomic mass is 9.94. The van der Waals surface area contributed by atoms with Gasteiger partial charge >= 0.3 is 12.1 Å². The van der Waals surface area contributed by atoms with Crippen molar-refractivity contribution in [3.05, 3.63) is 63.7 Å². The van der Waals surface area contributed by atoms with Crippen LogP contribution in [0, 0.1) is 22.9 Å². The Hall–Kier alpha value is -4.09. The number of aromatic carboxylic acids is 1. The van der Waals surface area contributed by atoms with Crippen LogP contribution in [0.4, 0.5) is 23.8 Å². The first kappa shape index (κ1) is 26.5. The van der Waals surface area contributed by atoms with Gasteiger partial charge in [0.25, 0.3) is 0 Å². The van der Waals surface area contributed by atoms with Gasteiger partial charge in [0.15, 0.2) is 17.3 Å². The third-order valence-electron chi connectivity index (χ3n) is 7.10. The molecule has 1 saturated carbocycles. The van der Waals surface area contributed by atoms with Gasteiger partial charge in [-0.1, -0.05) is 0 Å². The quantitative estimate of drug-likeness (QED) is 0.501. The van der Waals surface area contributed by atoms with Crippen LogP contribution in [0.3, 0.4) is 0 Å². The molecule has 3 aromatic rings. The summed E-state index contributed by atoms with van der Waals surface area (Å²) in [6, 6.07) is 3.41. The fourth-order valence-corrected chi connectivity index (χ4v) is 5.24. The minimum absolute atomic E-state index is 0.0942. The van der Waals surface area contributed by atoms with E-state index in [2.05, 4.69) is 10.3 Å². The maximum absolute atomic E-state index is 15.4. The number of carboxylic acids is 1. The lowest BCUT2D eigenvalue weighted by molar-refractivity contribution is 0.0513. The molecule has 12 heteroatoms.